The van der Waals surface area contributed by atoms with Crippen LogP contribution in [0.3, 0.4) is 0 Å². The highest BCUT2D eigenvalue weighted by atomic mass is 16.3. The molecule has 0 saturated carbocycles. The molecule has 1 N–H and O–H groups in total. The van der Waals surface area contributed by atoms with Gasteiger partial charge in [-0.1, -0.05) is 62.4 Å². The lowest BCUT2D eigenvalue weighted by molar-refractivity contribution is 0.273. The summed E-state index contributed by atoms with van der Waals surface area (Å²) in [5.74, 6) is 0.940. The maximum Gasteiger partial charge on any atom is 0.330 e. The van der Waals surface area contributed by atoms with E-state index >= 15 is 0 Å². The minimum absolute atomic E-state index is 0.0824. The minimum Gasteiger partial charge on any atom is -0.390 e. The van der Waals surface area contributed by atoms with E-state index in [1.165, 1.54) is 5.56 Å². The topological polar surface area (TPSA) is 90.8 Å². The summed E-state index contributed by atoms with van der Waals surface area (Å²) in [5, 5.41) is 9.67. The molecule has 2 aromatic carbocycles. The van der Waals surface area contributed by atoms with Gasteiger partial charge in [-0.05, 0) is 17.0 Å². The zero-order chi connectivity index (χ0) is 24.7. The van der Waals surface area contributed by atoms with E-state index in [-0.39, 0.29) is 12.3 Å². The van der Waals surface area contributed by atoms with Crippen LogP contribution in [0.5, 0.6) is 0 Å². The van der Waals surface area contributed by atoms with E-state index in [2.05, 4.69) is 29.9 Å². The van der Waals surface area contributed by atoms with E-state index in [4.69, 9.17) is 4.98 Å². The lowest BCUT2D eigenvalue weighted by Crippen LogP contribution is -2.22. The number of nitrogens with zero attached hydrogens (tertiary/aromatic N) is 6. The molecular weight excluding hydrogens is 440 g/mol. The Kier molecular flexibility index (Phi) is 5.82. The Labute approximate surface area is 203 Å². The third-order valence-electron chi connectivity index (χ3n) is 6.49. The minimum atomic E-state index is -0.139. The standard InChI is InChI=1S/C27H28N6O2/c1-17(2)20-7-5-6-8-21(20)25-28-13-22-26(30-25)33(27(35)32(22)4)14-18-9-11-19(12-10-18)24-23(15-34)31(3)16-29-24/h5-13,16-17,34H,14-15H2,1-4H3. The monoisotopic (exact) mass is 468 g/mol. The van der Waals surface area contributed by atoms with Crippen LogP contribution in [0.25, 0.3) is 33.8 Å². The quantitative estimate of drug-likeness (QED) is 0.409. The van der Waals surface area contributed by atoms with Gasteiger partial charge in [0, 0.05) is 25.2 Å². The van der Waals surface area contributed by atoms with Gasteiger partial charge in [0.1, 0.15) is 5.52 Å². The van der Waals surface area contributed by atoms with Crippen LogP contribution in [-0.2, 0) is 27.2 Å². The van der Waals surface area contributed by atoms with Crippen molar-refractivity contribution in [1.82, 2.24) is 28.7 Å². The molecule has 0 spiro atoms. The first-order chi connectivity index (χ1) is 16.9. The van der Waals surface area contributed by atoms with Gasteiger partial charge < -0.3 is 9.67 Å². The highest BCUT2D eigenvalue weighted by Gasteiger charge is 2.17. The van der Waals surface area contributed by atoms with Crippen molar-refractivity contribution in [3.8, 4) is 22.6 Å². The van der Waals surface area contributed by atoms with Gasteiger partial charge in [0.2, 0.25) is 0 Å². The molecule has 0 amide bonds. The first kappa shape index (κ1) is 22.7. The van der Waals surface area contributed by atoms with Crippen molar-refractivity contribution in [2.45, 2.75) is 32.9 Å². The van der Waals surface area contributed by atoms with Gasteiger partial charge in [0.05, 0.1) is 37.1 Å². The molecule has 178 valence electrons. The fourth-order valence-corrected chi connectivity index (χ4v) is 4.49. The lowest BCUT2D eigenvalue weighted by Gasteiger charge is -2.11. The van der Waals surface area contributed by atoms with Gasteiger partial charge in [-0.25, -0.2) is 19.7 Å². The van der Waals surface area contributed by atoms with E-state index < -0.39 is 0 Å². The number of benzene rings is 2. The maximum absolute atomic E-state index is 13.1. The Morgan fingerprint density at radius 1 is 1.00 bits per heavy atom. The molecule has 0 saturated heterocycles. The summed E-state index contributed by atoms with van der Waals surface area (Å²) in [6.07, 6.45) is 3.42. The average molecular weight is 469 g/mol. The highest BCUT2D eigenvalue weighted by Crippen LogP contribution is 2.28. The van der Waals surface area contributed by atoms with Gasteiger partial charge in [-0.15, -0.1) is 0 Å². The first-order valence-electron chi connectivity index (χ1n) is 11.6. The number of aryl methyl sites for hydroxylation is 2. The largest absolute Gasteiger partial charge is 0.390 e. The normalized spacial score (nSPS) is 11.6. The number of hydrogen-bond donors (Lipinski definition) is 1. The molecule has 0 aliphatic heterocycles. The molecule has 0 aliphatic carbocycles. The fourth-order valence-electron chi connectivity index (χ4n) is 4.49. The number of fused-ring (bicyclic) bond motifs is 1. The molecule has 3 heterocycles. The van der Waals surface area contributed by atoms with Gasteiger partial charge in [-0.2, -0.15) is 0 Å². The maximum atomic E-state index is 13.1. The Balaban J connectivity index is 1.54. The second-order valence-corrected chi connectivity index (χ2v) is 9.08. The zero-order valence-electron chi connectivity index (χ0n) is 20.3. The van der Waals surface area contributed by atoms with E-state index in [1.54, 1.807) is 28.7 Å². The van der Waals surface area contributed by atoms with Crippen molar-refractivity contribution in [2.75, 3.05) is 0 Å². The summed E-state index contributed by atoms with van der Waals surface area (Å²) in [4.78, 5) is 27.0. The van der Waals surface area contributed by atoms with Crippen LogP contribution in [0.2, 0.25) is 0 Å². The third-order valence-corrected chi connectivity index (χ3v) is 6.49. The first-order valence-corrected chi connectivity index (χ1v) is 11.6. The molecule has 0 atom stereocenters. The SMILES string of the molecule is CC(C)c1ccccc1-c1ncc2c(n1)n(Cc1ccc(-c3ncn(C)c3CO)cc1)c(=O)n2C. The molecule has 0 fully saturated rings. The molecule has 0 unspecified atom stereocenters. The summed E-state index contributed by atoms with van der Waals surface area (Å²) in [7, 11) is 3.60. The van der Waals surface area contributed by atoms with E-state index in [1.807, 2.05) is 54.1 Å². The van der Waals surface area contributed by atoms with E-state index in [0.29, 0.717) is 29.5 Å². The van der Waals surface area contributed by atoms with Gasteiger partial charge in [0.25, 0.3) is 0 Å². The summed E-state index contributed by atoms with van der Waals surface area (Å²) in [5.41, 5.74) is 6.71. The molecule has 8 nitrogen and oxygen atoms in total. The summed E-state index contributed by atoms with van der Waals surface area (Å²) in [6, 6.07) is 16.0. The lowest BCUT2D eigenvalue weighted by atomic mass is 9.97. The number of rotatable bonds is 6. The smallest absolute Gasteiger partial charge is 0.330 e. The molecule has 8 heteroatoms. The highest BCUT2D eigenvalue weighted by molar-refractivity contribution is 5.74. The van der Waals surface area contributed by atoms with Crippen LogP contribution in [0.1, 0.15) is 36.6 Å². The average Bonchev–Trinajstić information content (AvgIpc) is 3.36. The van der Waals surface area contributed by atoms with Crippen LogP contribution < -0.4 is 5.69 Å². The van der Waals surface area contributed by atoms with Crippen LogP contribution in [-0.4, -0.2) is 33.8 Å². The summed E-state index contributed by atoms with van der Waals surface area (Å²) in [6.45, 7) is 4.59. The predicted molar refractivity (Wildman–Crippen MR) is 136 cm³/mol. The van der Waals surface area contributed by atoms with Crippen LogP contribution >= 0.6 is 0 Å². The predicted octanol–water partition coefficient (Wildman–Crippen LogP) is 3.86. The molecular formula is C27H28N6O2. The Morgan fingerprint density at radius 2 is 1.74 bits per heavy atom. The van der Waals surface area contributed by atoms with Crippen molar-refractivity contribution >= 4 is 11.2 Å². The molecule has 0 radical (unpaired) electrons. The Morgan fingerprint density at radius 3 is 2.46 bits per heavy atom. The second kappa shape index (κ2) is 8.96. The van der Waals surface area contributed by atoms with Crippen LogP contribution in [0, 0.1) is 0 Å². The summed E-state index contributed by atoms with van der Waals surface area (Å²) < 4.78 is 5.09. The third kappa shape index (κ3) is 3.95. The van der Waals surface area contributed by atoms with E-state index in [0.717, 1.165) is 28.1 Å². The number of imidazole rings is 2. The molecule has 0 bridgehead atoms. The second-order valence-electron chi connectivity index (χ2n) is 9.08. The molecule has 5 aromatic rings. The number of aromatic nitrogens is 6. The van der Waals surface area contributed by atoms with Crippen molar-refractivity contribution in [3.63, 3.8) is 0 Å². The molecule has 3 aromatic heterocycles. The van der Waals surface area contributed by atoms with Crippen molar-refractivity contribution in [3.05, 3.63) is 88.4 Å². The molecule has 35 heavy (non-hydrogen) atoms. The number of aliphatic hydroxyl groups is 1. The zero-order valence-corrected chi connectivity index (χ0v) is 20.3. The van der Waals surface area contributed by atoms with Crippen LogP contribution in [0.15, 0.2) is 65.8 Å². The Bertz CT molecular complexity index is 1570. The van der Waals surface area contributed by atoms with Crippen molar-refractivity contribution in [1.29, 1.82) is 0 Å². The summed E-state index contributed by atoms with van der Waals surface area (Å²) >= 11 is 0. The number of aliphatic hydroxyl groups excluding tert-OH is 1. The number of hydrogen-bond acceptors (Lipinski definition) is 5. The molecule has 0 aliphatic rings. The Hall–Kier alpha value is -4.04. The van der Waals surface area contributed by atoms with Gasteiger partial charge in [-0.3, -0.25) is 9.13 Å². The van der Waals surface area contributed by atoms with E-state index in [9.17, 15) is 9.90 Å². The molecule has 5 rings (SSSR count). The fraction of sp³-hybridized carbons (Fsp3) is 0.259. The van der Waals surface area contributed by atoms with Crippen LogP contribution in [0.4, 0.5) is 0 Å². The van der Waals surface area contributed by atoms with Crippen molar-refractivity contribution in [2.24, 2.45) is 14.1 Å². The van der Waals surface area contributed by atoms with Gasteiger partial charge in [0.15, 0.2) is 11.5 Å². The van der Waals surface area contributed by atoms with Crippen molar-refractivity contribution < 1.29 is 5.11 Å². The van der Waals surface area contributed by atoms with Gasteiger partial charge >= 0.3 is 5.69 Å².